The van der Waals surface area contributed by atoms with Gasteiger partial charge in [0, 0.05) is 30.7 Å². The molecule has 0 saturated carbocycles. The first-order valence-electron chi connectivity index (χ1n) is 11.5. The average molecular weight is 470 g/mol. The summed E-state index contributed by atoms with van der Waals surface area (Å²) >= 11 is 0. The van der Waals surface area contributed by atoms with Crippen LogP contribution in [0.2, 0.25) is 0 Å². The number of benzene rings is 2. The quantitative estimate of drug-likeness (QED) is 0.652. The van der Waals surface area contributed by atoms with Gasteiger partial charge in [-0.2, -0.15) is 0 Å². The standard InChI is InChI=1S/C25H31N3O4S/c1-3-18(2)22(27-23-20-11-7-8-12-21(20)33(30,31)28-23)24(29)26-17-25(13-15-32-16-14-25)19-9-5-4-6-10-19/h4-12,18,22H,3,13-17H2,1-2H3,(H,26,29)(H,27,28)/t18-,22-/m0/s1. The number of aliphatic imine (C=N–C) groups is 1. The molecular weight excluding hydrogens is 438 g/mol. The third-order valence-corrected chi connectivity index (χ3v) is 8.22. The maximum absolute atomic E-state index is 13.4. The van der Waals surface area contributed by atoms with Crippen molar-refractivity contribution in [2.45, 2.75) is 49.5 Å². The Morgan fingerprint density at radius 3 is 2.48 bits per heavy atom. The molecule has 2 aromatic rings. The largest absolute Gasteiger partial charge is 0.381 e. The van der Waals surface area contributed by atoms with Gasteiger partial charge >= 0.3 is 0 Å². The Morgan fingerprint density at radius 2 is 1.79 bits per heavy atom. The van der Waals surface area contributed by atoms with Gasteiger partial charge in [-0.3, -0.25) is 14.5 Å². The highest BCUT2D eigenvalue weighted by atomic mass is 32.2. The van der Waals surface area contributed by atoms with E-state index in [0.29, 0.717) is 25.3 Å². The van der Waals surface area contributed by atoms with Crippen LogP contribution in [0.3, 0.4) is 0 Å². The van der Waals surface area contributed by atoms with Gasteiger partial charge in [-0.1, -0.05) is 62.7 Å². The van der Waals surface area contributed by atoms with Crippen molar-refractivity contribution in [3.8, 4) is 0 Å². The topological polar surface area (TPSA) is 96.9 Å². The van der Waals surface area contributed by atoms with E-state index < -0.39 is 16.1 Å². The number of rotatable bonds is 7. The Kier molecular flexibility index (Phi) is 6.86. The summed E-state index contributed by atoms with van der Waals surface area (Å²) in [5, 5.41) is 3.15. The molecule has 1 fully saturated rings. The number of hydrogen-bond acceptors (Lipinski definition) is 5. The molecule has 33 heavy (non-hydrogen) atoms. The minimum atomic E-state index is -3.66. The van der Waals surface area contributed by atoms with Crippen LogP contribution in [-0.2, 0) is 25.0 Å². The molecule has 0 aliphatic carbocycles. The van der Waals surface area contributed by atoms with Gasteiger partial charge in [0.05, 0.1) is 4.90 Å². The molecule has 176 valence electrons. The van der Waals surface area contributed by atoms with Crippen LogP contribution >= 0.6 is 0 Å². The summed E-state index contributed by atoms with van der Waals surface area (Å²) in [5.41, 5.74) is 1.51. The van der Waals surface area contributed by atoms with Gasteiger partial charge in [0.2, 0.25) is 5.91 Å². The van der Waals surface area contributed by atoms with Crippen molar-refractivity contribution in [1.82, 2.24) is 10.0 Å². The predicted molar refractivity (Wildman–Crippen MR) is 128 cm³/mol. The molecule has 8 heteroatoms. The summed E-state index contributed by atoms with van der Waals surface area (Å²) in [6.45, 7) is 5.76. The van der Waals surface area contributed by atoms with Crippen LogP contribution in [0.5, 0.6) is 0 Å². The third kappa shape index (κ3) is 4.82. The van der Waals surface area contributed by atoms with E-state index in [9.17, 15) is 13.2 Å². The van der Waals surface area contributed by atoms with Crippen molar-refractivity contribution in [3.05, 3.63) is 65.7 Å². The number of carbonyl (C=O) groups excluding carboxylic acids is 1. The average Bonchev–Trinajstić information content (AvgIpc) is 3.11. The summed E-state index contributed by atoms with van der Waals surface area (Å²) in [6.07, 6.45) is 2.39. The van der Waals surface area contributed by atoms with E-state index >= 15 is 0 Å². The van der Waals surface area contributed by atoms with E-state index in [1.54, 1.807) is 24.3 Å². The van der Waals surface area contributed by atoms with Crippen LogP contribution in [0.1, 0.15) is 44.2 Å². The van der Waals surface area contributed by atoms with Gasteiger partial charge in [0.1, 0.15) is 11.9 Å². The minimum Gasteiger partial charge on any atom is -0.381 e. The molecule has 1 amide bonds. The zero-order chi connectivity index (χ0) is 23.5. The molecule has 1 saturated heterocycles. The molecule has 2 atom stereocenters. The van der Waals surface area contributed by atoms with Crippen LogP contribution < -0.4 is 10.0 Å². The van der Waals surface area contributed by atoms with E-state index in [1.807, 2.05) is 32.0 Å². The Balaban J connectivity index is 1.59. The van der Waals surface area contributed by atoms with E-state index in [1.165, 1.54) is 5.56 Å². The molecule has 2 aromatic carbocycles. The summed E-state index contributed by atoms with van der Waals surface area (Å²) < 4.78 is 33.1. The van der Waals surface area contributed by atoms with Gasteiger partial charge in [-0.15, -0.1) is 0 Å². The molecule has 0 bridgehead atoms. The highest BCUT2D eigenvalue weighted by molar-refractivity contribution is 7.90. The molecule has 4 rings (SSSR count). The lowest BCUT2D eigenvalue weighted by atomic mass is 9.74. The summed E-state index contributed by atoms with van der Waals surface area (Å²) in [5.74, 6) is -0.0192. The molecule has 2 heterocycles. The SMILES string of the molecule is CC[C@H](C)[C@H](N=C1NS(=O)(=O)c2ccccc21)C(=O)NCC1(c2ccccc2)CCOCC1. The van der Waals surface area contributed by atoms with Gasteiger partial charge in [-0.05, 0) is 36.5 Å². The predicted octanol–water partition coefficient (Wildman–Crippen LogP) is 3.00. The van der Waals surface area contributed by atoms with Crippen molar-refractivity contribution < 1.29 is 17.9 Å². The second kappa shape index (κ2) is 9.65. The van der Waals surface area contributed by atoms with Crippen molar-refractivity contribution in [3.63, 3.8) is 0 Å². The molecule has 7 nitrogen and oxygen atoms in total. The first kappa shape index (κ1) is 23.4. The lowest BCUT2D eigenvalue weighted by molar-refractivity contribution is -0.123. The van der Waals surface area contributed by atoms with E-state index in [2.05, 4.69) is 27.2 Å². The van der Waals surface area contributed by atoms with E-state index in [0.717, 1.165) is 19.3 Å². The fraction of sp³-hybridized carbons (Fsp3) is 0.440. The summed E-state index contributed by atoms with van der Waals surface area (Å²) in [4.78, 5) is 18.2. The number of amidine groups is 1. The number of amides is 1. The molecule has 2 aliphatic rings. The highest BCUT2D eigenvalue weighted by Gasteiger charge is 2.37. The second-order valence-corrected chi connectivity index (χ2v) is 10.5. The van der Waals surface area contributed by atoms with Crippen molar-refractivity contribution >= 4 is 21.8 Å². The minimum absolute atomic E-state index is 0.0582. The Bertz CT molecular complexity index is 1130. The van der Waals surface area contributed by atoms with Gasteiger partial charge in [-0.25, -0.2) is 8.42 Å². The Labute approximate surface area is 195 Å². The molecule has 0 spiro atoms. The van der Waals surface area contributed by atoms with Gasteiger partial charge in [0.15, 0.2) is 0 Å². The maximum Gasteiger partial charge on any atom is 0.263 e. The number of carbonyl (C=O) groups is 1. The molecule has 2 aliphatic heterocycles. The second-order valence-electron chi connectivity index (χ2n) is 8.89. The summed E-state index contributed by atoms with van der Waals surface area (Å²) in [6, 6.07) is 16.2. The maximum atomic E-state index is 13.4. The summed E-state index contributed by atoms with van der Waals surface area (Å²) in [7, 11) is -3.66. The van der Waals surface area contributed by atoms with Crippen molar-refractivity contribution in [1.29, 1.82) is 0 Å². The van der Waals surface area contributed by atoms with Crippen LogP contribution in [0.15, 0.2) is 64.5 Å². The highest BCUT2D eigenvalue weighted by Crippen LogP contribution is 2.34. The molecule has 2 N–H and O–H groups in total. The zero-order valence-electron chi connectivity index (χ0n) is 19.1. The Hall–Kier alpha value is -2.71. The van der Waals surface area contributed by atoms with Crippen LogP contribution in [0.25, 0.3) is 0 Å². The molecule has 0 unspecified atom stereocenters. The number of sulfonamides is 1. The van der Waals surface area contributed by atoms with Crippen LogP contribution in [-0.4, -0.2) is 46.0 Å². The third-order valence-electron chi connectivity index (χ3n) is 6.82. The molecular formula is C25H31N3O4S. The number of nitrogens with zero attached hydrogens (tertiary/aromatic N) is 1. The van der Waals surface area contributed by atoms with Gasteiger partial charge in [0.25, 0.3) is 10.0 Å². The Morgan fingerprint density at radius 1 is 1.12 bits per heavy atom. The van der Waals surface area contributed by atoms with E-state index in [4.69, 9.17) is 4.74 Å². The van der Waals surface area contributed by atoms with E-state index in [-0.39, 0.29) is 28.0 Å². The first-order chi connectivity index (χ1) is 15.9. The monoisotopic (exact) mass is 469 g/mol. The lowest BCUT2D eigenvalue weighted by Gasteiger charge is -2.38. The van der Waals surface area contributed by atoms with Crippen molar-refractivity contribution in [2.75, 3.05) is 19.8 Å². The van der Waals surface area contributed by atoms with Gasteiger partial charge < -0.3 is 10.1 Å². The number of nitrogens with one attached hydrogen (secondary N) is 2. The number of fused-ring (bicyclic) bond motifs is 1. The smallest absolute Gasteiger partial charge is 0.263 e. The van der Waals surface area contributed by atoms with Crippen LogP contribution in [0, 0.1) is 5.92 Å². The normalized spacial score (nSPS) is 21.6. The fourth-order valence-electron chi connectivity index (χ4n) is 4.52. The number of hydrogen-bond donors (Lipinski definition) is 2. The molecule has 0 radical (unpaired) electrons. The zero-order valence-corrected chi connectivity index (χ0v) is 19.9. The first-order valence-corrected chi connectivity index (χ1v) is 13.0. The van der Waals surface area contributed by atoms with Crippen LogP contribution in [0.4, 0.5) is 0 Å². The number of ether oxygens (including phenoxy) is 1. The molecule has 0 aromatic heterocycles. The fourth-order valence-corrected chi connectivity index (χ4v) is 5.76. The van der Waals surface area contributed by atoms with Crippen molar-refractivity contribution in [2.24, 2.45) is 10.9 Å². The lowest BCUT2D eigenvalue weighted by Crippen LogP contribution is -2.48.